The molecule has 0 saturated heterocycles. The first-order valence-electron chi connectivity index (χ1n) is 9.19. The minimum Gasteiger partial charge on any atom is -0.496 e. The van der Waals surface area contributed by atoms with E-state index in [0.29, 0.717) is 39.0 Å². The molecule has 0 radical (unpaired) electrons. The first-order chi connectivity index (χ1) is 14.5. The van der Waals surface area contributed by atoms with E-state index in [4.69, 9.17) is 21.1 Å². The van der Waals surface area contributed by atoms with E-state index in [0.717, 1.165) is 0 Å². The lowest BCUT2D eigenvalue weighted by molar-refractivity contribution is -0.114. The molecule has 0 spiro atoms. The van der Waals surface area contributed by atoms with Crippen LogP contribution in [-0.2, 0) is 11.4 Å². The van der Waals surface area contributed by atoms with Crippen LogP contribution < -0.4 is 20.1 Å². The molecule has 0 heterocycles. The van der Waals surface area contributed by atoms with Gasteiger partial charge in [-0.05, 0) is 54.6 Å². The minimum atomic E-state index is -0.274. The summed E-state index contributed by atoms with van der Waals surface area (Å²) in [6.07, 6.45) is 0. The maximum atomic E-state index is 12.7. The van der Waals surface area contributed by atoms with E-state index in [9.17, 15) is 9.59 Å². The van der Waals surface area contributed by atoms with Gasteiger partial charge >= 0.3 is 0 Å². The molecule has 0 aliphatic carbocycles. The second-order valence-electron chi connectivity index (χ2n) is 6.46. The smallest absolute Gasteiger partial charge is 0.255 e. The van der Waals surface area contributed by atoms with Gasteiger partial charge in [-0.1, -0.05) is 23.7 Å². The first kappa shape index (κ1) is 21.2. The molecule has 0 fully saturated rings. The van der Waals surface area contributed by atoms with E-state index in [-0.39, 0.29) is 18.4 Å². The molecular weight excluding hydrogens is 404 g/mol. The molecule has 2 N–H and O–H groups in total. The van der Waals surface area contributed by atoms with E-state index >= 15 is 0 Å². The lowest BCUT2D eigenvalue weighted by Gasteiger charge is -2.13. The number of rotatable bonds is 7. The third-order valence-electron chi connectivity index (χ3n) is 4.23. The number of nitrogens with one attached hydrogen (secondary N) is 2. The van der Waals surface area contributed by atoms with Crippen LogP contribution in [-0.4, -0.2) is 18.9 Å². The third-order valence-corrected chi connectivity index (χ3v) is 4.54. The zero-order valence-electron chi connectivity index (χ0n) is 16.6. The van der Waals surface area contributed by atoms with Gasteiger partial charge in [0.15, 0.2) is 0 Å². The minimum absolute atomic E-state index is 0.156. The number of para-hydroxylation sites is 1. The quantitative estimate of drug-likeness (QED) is 0.550. The van der Waals surface area contributed by atoms with Crippen molar-refractivity contribution in [2.24, 2.45) is 0 Å². The molecule has 154 valence electrons. The Kier molecular flexibility index (Phi) is 6.93. The van der Waals surface area contributed by atoms with E-state index in [1.165, 1.54) is 6.92 Å². The molecule has 0 unspecified atom stereocenters. The van der Waals surface area contributed by atoms with Crippen molar-refractivity contribution in [1.29, 1.82) is 0 Å². The Morgan fingerprint density at radius 1 is 0.900 bits per heavy atom. The summed E-state index contributed by atoms with van der Waals surface area (Å²) in [5.74, 6) is 0.731. The Balaban J connectivity index is 1.72. The highest BCUT2D eigenvalue weighted by Crippen LogP contribution is 2.27. The molecule has 6 nitrogen and oxygen atoms in total. The molecule has 0 saturated carbocycles. The summed E-state index contributed by atoms with van der Waals surface area (Å²) in [6.45, 7) is 1.63. The van der Waals surface area contributed by atoms with Crippen molar-refractivity contribution in [1.82, 2.24) is 0 Å². The summed E-state index contributed by atoms with van der Waals surface area (Å²) in [5, 5.41) is 6.02. The summed E-state index contributed by atoms with van der Waals surface area (Å²) < 4.78 is 11.2. The number of carbonyl (C=O) groups is 2. The van der Waals surface area contributed by atoms with Crippen molar-refractivity contribution in [3.8, 4) is 11.5 Å². The van der Waals surface area contributed by atoms with Crippen LogP contribution in [0.15, 0.2) is 66.7 Å². The van der Waals surface area contributed by atoms with Crippen molar-refractivity contribution in [3.63, 3.8) is 0 Å². The van der Waals surface area contributed by atoms with Gasteiger partial charge in [0.25, 0.3) is 5.91 Å². The molecule has 0 atom stereocenters. The van der Waals surface area contributed by atoms with Crippen LogP contribution >= 0.6 is 11.6 Å². The molecule has 7 heteroatoms. The number of methoxy groups -OCH3 is 1. The van der Waals surface area contributed by atoms with Crippen molar-refractivity contribution in [2.75, 3.05) is 17.7 Å². The van der Waals surface area contributed by atoms with Crippen molar-refractivity contribution < 1.29 is 19.1 Å². The van der Waals surface area contributed by atoms with Gasteiger partial charge < -0.3 is 20.1 Å². The maximum Gasteiger partial charge on any atom is 0.255 e. The van der Waals surface area contributed by atoms with Gasteiger partial charge in [-0.25, -0.2) is 0 Å². The Morgan fingerprint density at radius 2 is 1.57 bits per heavy atom. The SMILES string of the molecule is COc1ccc(C(=O)Nc2ccc(NC(C)=O)cc2)cc1COc1ccccc1Cl. The zero-order chi connectivity index (χ0) is 21.5. The van der Waals surface area contributed by atoms with E-state index in [1.54, 1.807) is 61.7 Å². The highest BCUT2D eigenvalue weighted by Gasteiger charge is 2.12. The summed E-state index contributed by atoms with van der Waals surface area (Å²) in [5.41, 5.74) is 2.44. The van der Waals surface area contributed by atoms with Crippen LogP contribution in [0.5, 0.6) is 11.5 Å². The molecule has 3 aromatic carbocycles. The van der Waals surface area contributed by atoms with Gasteiger partial charge in [-0.2, -0.15) is 0 Å². The van der Waals surface area contributed by atoms with Crippen LogP contribution in [0.4, 0.5) is 11.4 Å². The average Bonchev–Trinajstić information content (AvgIpc) is 2.74. The van der Waals surface area contributed by atoms with Crippen LogP contribution in [0, 0.1) is 0 Å². The fourth-order valence-corrected chi connectivity index (χ4v) is 2.98. The average molecular weight is 425 g/mol. The Morgan fingerprint density at radius 3 is 2.20 bits per heavy atom. The number of halogens is 1. The Hall–Kier alpha value is -3.51. The largest absolute Gasteiger partial charge is 0.496 e. The fraction of sp³-hybridized carbons (Fsp3) is 0.130. The van der Waals surface area contributed by atoms with Crippen LogP contribution in [0.25, 0.3) is 0 Å². The summed E-state index contributed by atoms with van der Waals surface area (Å²) in [7, 11) is 1.56. The van der Waals surface area contributed by atoms with Crippen LogP contribution in [0.1, 0.15) is 22.8 Å². The summed E-state index contributed by atoms with van der Waals surface area (Å²) in [4.78, 5) is 23.8. The highest BCUT2D eigenvalue weighted by molar-refractivity contribution is 6.32. The number of anilines is 2. The number of amides is 2. The van der Waals surface area contributed by atoms with Crippen molar-refractivity contribution >= 4 is 34.8 Å². The first-order valence-corrected chi connectivity index (χ1v) is 9.57. The highest BCUT2D eigenvalue weighted by atomic mass is 35.5. The van der Waals surface area contributed by atoms with Crippen molar-refractivity contribution in [3.05, 3.63) is 82.9 Å². The van der Waals surface area contributed by atoms with Gasteiger partial charge in [0.1, 0.15) is 18.1 Å². The van der Waals surface area contributed by atoms with Crippen molar-refractivity contribution in [2.45, 2.75) is 13.5 Å². The number of hydrogen-bond donors (Lipinski definition) is 2. The molecule has 3 rings (SSSR count). The molecule has 0 bridgehead atoms. The molecule has 0 aromatic heterocycles. The molecule has 3 aromatic rings. The predicted molar refractivity (Wildman–Crippen MR) is 117 cm³/mol. The predicted octanol–water partition coefficient (Wildman–Crippen LogP) is 5.14. The third kappa shape index (κ3) is 5.52. The number of hydrogen-bond acceptors (Lipinski definition) is 4. The summed E-state index contributed by atoms with van der Waals surface area (Å²) >= 11 is 6.13. The Labute approximate surface area is 179 Å². The molecule has 30 heavy (non-hydrogen) atoms. The van der Waals surface area contributed by atoms with Crippen LogP contribution in [0.2, 0.25) is 5.02 Å². The topological polar surface area (TPSA) is 76.7 Å². The normalized spacial score (nSPS) is 10.2. The lowest BCUT2D eigenvalue weighted by Crippen LogP contribution is -2.13. The monoisotopic (exact) mass is 424 g/mol. The lowest BCUT2D eigenvalue weighted by atomic mass is 10.1. The number of carbonyl (C=O) groups excluding carboxylic acids is 2. The number of benzene rings is 3. The standard InChI is InChI=1S/C23H21ClN2O4/c1-15(27)25-18-8-10-19(11-9-18)26-23(28)16-7-12-21(29-2)17(13-16)14-30-22-6-4-3-5-20(22)24/h3-13H,14H2,1-2H3,(H,25,27)(H,26,28). The van der Waals surface area contributed by atoms with Gasteiger partial charge in [0, 0.05) is 29.4 Å². The van der Waals surface area contributed by atoms with E-state index in [1.807, 2.05) is 12.1 Å². The molecule has 0 aliphatic heterocycles. The zero-order valence-corrected chi connectivity index (χ0v) is 17.3. The van der Waals surface area contributed by atoms with E-state index < -0.39 is 0 Å². The number of ether oxygens (including phenoxy) is 2. The Bertz CT molecular complexity index is 1050. The molecular formula is C23H21ClN2O4. The van der Waals surface area contributed by atoms with Gasteiger partial charge in [-0.15, -0.1) is 0 Å². The summed E-state index contributed by atoms with van der Waals surface area (Å²) in [6, 6.07) is 19.2. The molecule has 0 aliphatic rings. The second-order valence-corrected chi connectivity index (χ2v) is 6.87. The van der Waals surface area contributed by atoms with Crippen LogP contribution in [0.3, 0.4) is 0 Å². The van der Waals surface area contributed by atoms with Gasteiger partial charge in [-0.3, -0.25) is 9.59 Å². The van der Waals surface area contributed by atoms with Gasteiger partial charge in [0.2, 0.25) is 5.91 Å². The maximum absolute atomic E-state index is 12.7. The molecule has 2 amide bonds. The fourth-order valence-electron chi connectivity index (χ4n) is 2.79. The second kappa shape index (κ2) is 9.80. The van der Waals surface area contributed by atoms with Gasteiger partial charge in [0.05, 0.1) is 12.1 Å². The van der Waals surface area contributed by atoms with E-state index in [2.05, 4.69) is 10.6 Å².